The highest BCUT2D eigenvalue weighted by molar-refractivity contribution is 5.72. The van der Waals surface area contributed by atoms with Crippen molar-refractivity contribution >= 4 is 11.6 Å². The van der Waals surface area contributed by atoms with Crippen LogP contribution >= 0.6 is 0 Å². The van der Waals surface area contributed by atoms with Crippen molar-refractivity contribution in [1.82, 2.24) is 34.9 Å². The number of aromatic amines is 1. The lowest BCUT2D eigenvalue weighted by Gasteiger charge is -2.05. The van der Waals surface area contributed by atoms with Gasteiger partial charge in [-0.25, -0.2) is 0 Å². The molecule has 3 aromatic rings. The number of nitrogens with zero attached hydrogens (tertiary/aromatic N) is 6. The lowest BCUT2D eigenvalue weighted by molar-refractivity contribution is 0.456. The second kappa shape index (κ2) is 5.31. The number of anilines is 2. The quantitative estimate of drug-likeness (QED) is 0.703. The van der Waals surface area contributed by atoms with Crippen molar-refractivity contribution in [3.8, 4) is 11.5 Å². The Kier molecular flexibility index (Phi) is 3.33. The van der Waals surface area contributed by atoms with Gasteiger partial charge >= 0.3 is 24.3 Å². The van der Waals surface area contributed by atoms with Crippen LogP contribution in [-0.2, 0) is 0 Å². The van der Waals surface area contributed by atoms with Gasteiger partial charge in [-0.05, 0) is 6.07 Å². The van der Waals surface area contributed by atoms with E-state index in [1.807, 2.05) is 0 Å². The van der Waals surface area contributed by atoms with Gasteiger partial charge in [0.2, 0.25) is 5.95 Å². The molecule has 8 nitrogen and oxygen atoms in total. The minimum atomic E-state index is -1.33. The van der Waals surface area contributed by atoms with Crippen LogP contribution in [0.3, 0.4) is 0 Å². The highest BCUT2D eigenvalue weighted by Gasteiger charge is 2.15. The van der Waals surface area contributed by atoms with E-state index in [0.717, 1.165) is 0 Å². The zero-order chi connectivity index (χ0) is 15.7. The molecule has 3 heterocycles. The zero-order valence-corrected chi connectivity index (χ0v) is 10.3. The number of hydrogen-bond donors (Lipinski definition) is 2. The number of rotatable bonds is 3. The molecule has 0 aliphatic carbocycles. The number of nitrogens with one attached hydrogen (secondary N) is 2. The molecule has 0 bridgehead atoms. The molecule has 0 fully saturated rings. The fourth-order valence-corrected chi connectivity index (χ4v) is 1.60. The molecular weight excluding hydrogens is 308 g/mol. The lowest BCUT2D eigenvalue weighted by Crippen LogP contribution is -2.06. The molecule has 0 aromatic carbocycles. The molecule has 0 atom stereocenters. The Morgan fingerprint density at radius 3 is 1.91 bits per heavy atom. The van der Waals surface area contributed by atoms with E-state index in [1.54, 1.807) is 0 Å². The molecule has 0 amide bonds. The fourth-order valence-electron chi connectivity index (χ4n) is 1.60. The van der Waals surface area contributed by atoms with Crippen LogP contribution in [0.25, 0.3) is 11.5 Å². The van der Waals surface area contributed by atoms with Gasteiger partial charge in [-0.1, -0.05) is 0 Å². The summed E-state index contributed by atoms with van der Waals surface area (Å²) in [6.07, 6.45) is -3.92. The fraction of sp³-hybridized carbons (Fsp3) is 0. The van der Waals surface area contributed by atoms with E-state index < -0.39 is 30.3 Å². The third kappa shape index (κ3) is 2.79. The Labute approximate surface area is 118 Å². The standard InChI is InChI=1S/C10H4F4N8/c11-6-17-5(18-7(12)19-6)4-3(1-2-15-4)16-10-21-8(13)20-9(14)22-10/h1-2,15H,(H,16,20,21,22). The van der Waals surface area contributed by atoms with Crippen LogP contribution < -0.4 is 5.32 Å². The SMILES string of the molecule is Fc1nc(F)nc(Nc2cc[nH]c2-c2nc(F)nc(F)n2)n1. The minimum absolute atomic E-state index is 0.0430. The van der Waals surface area contributed by atoms with Crippen LogP contribution in [0.15, 0.2) is 12.3 Å². The summed E-state index contributed by atoms with van der Waals surface area (Å²) in [6, 6.07) is 1.40. The molecule has 0 spiro atoms. The average molecular weight is 312 g/mol. The Morgan fingerprint density at radius 2 is 1.32 bits per heavy atom. The van der Waals surface area contributed by atoms with Crippen LogP contribution in [0.2, 0.25) is 0 Å². The maximum absolute atomic E-state index is 13.0. The number of aromatic nitrogens is 7. The topological polar surface area (TPSA) is 105 Å². The normalized spacial score (nSPS) is 10.7. The van der Waals surface area contributed by atoms with E-state index in [1.165, 1.54) is 12.3 Å². The van der Waals surface area contributed by atoms with Gasteiger partial charge in [-0.3, -0.25) is 0 Å². The molecule has 3 rings (SSSR count). The van der Waals surface area contributed by atoms with Crippen LogP contribution in [-0.4, -0.2) is 34.9 Å². The third-order valence-corrected chi connectivity index (χ3v) is 2.38. The first-order valence-corrected chi connectivity index (χ1v) is 5.60. The van der Waals surface area contributed by atoms with E-state index in [2.05, 4.69) is 40.2 Å². The van der Waals surface area contributed by atoms with Crippen molar-refractivity contribution in [2.24, 2.45) is 0 Å². The average Bonchev–Trinajstić information content (AvgIpc) is 2.84. The van der Waals surface area contributed by atoms with E-state index in [0.29, 0.717) is 0 Å². The Balaban J connectivity index is 1.98. The van der Waals surface area contributed by atoms with Gasteiger partial charge in [0.1, 0.15) is 5.69 Å². The summed E-state index contributed by atoms with van der Waals surface area (Å²) in [5.74, 6) is -0.798. The molecule has 2 N–H and O–H groups in total. The smallest absolute Gasteiger partial charge is 0.315 e. The molecule has 112 valence electrons. The van der Waals surface area contributed by atoms with Crippen LogP contribution in [0, 0.1) is 24.3 Å². The number of halogens is 4. The Bertz CT molecular complexity index is 795. The van der Waals surface area contributed by atoms with Crippen LogP contribution in [0.4, 0.5) is 29.2 Å². The molecule has 0 aliphatic rings. The van der Waals surface area contributed by atoms with Crippen LogP contribution in [0.1, 0.15) is 0 Å². The summed E-state index contributed by atoms with van der Waals surface area (Å²) in [6.45, 7) is 0. The van der Waals surface area contributed by atoms with Gasteiger partial charge in [0.15, 0.2) is 5.82 Å². The molecule has 0 unspecified atom stereocenters. The molecule has 0 saturated heterocycles. The molecular formula is C10H4F4N8. The van der Waals surface area contributed by atoms with Crippen molar-refractivity contribution in [3.63, 3.8) is 0 Å². The highest BCUT2D eigenvalue weighted by Crippen LogP contribution is 2.25. The predicted molar refractivity (Wildman–Crippen MR) is 62.6 cm³/mol. The van der Waals surface area contributed by atoms with E-state index in [-0.39, 0.29) is 17.2 Å². The third-order valence-electron chi connectivity index (χ3n) is 2.38. The van der Waals surface area contributed by atoms with Gasteiger partial charge < -0.3 is 10.3 Å². The highest BCUT2D eigenvalue weighted by atomic mass is 19.2. The summed E-state index contributed by atoms with van der Waals surface area (Å²) in [5, 5.41) is 2.45. The van der Waals surface area contributed by atoms with E-state index in [9.17, 15) is 17.6 Å². The zero-order valence-electron chi connectivity index (χ0n) is 10.3. The van der Waals surface area contributed by atoms with Gasteiger partial charge in [0.05, 0.1) is 5.69 Å². The van der Waals surface area contributed by atoms with Gasteiger partial charge in [0.25, 0.3) is 0 Å². The van der Waals surface area contributed by atoms with Crippen LogP contribution in [0.5, 0.6) is 0 Å². The summed E-state index contributed by atoms with van der Waals surface area (Å²) in [7, 11) is 0. The molecule has 0 saturated carbocycles. The molecule has 0 aliphatic heterocycles. The monoisotopic (exact) mass is 312 g/mol. The molecule has 3 aromatic heterocycles. The first kappa shape index (κ1) is 13.8. The summed E-state index contributed by atoms with van der Waals surface area (Å²) < 4.78 is 51.8. The predicted octanol–water partition coefficient (Wildman–Crippen LogP) is 1.35. The second-order valence-electron chi connectivity index (χ2n) is 3.79. The first-order valence-electron chi connectivity index (χ1n) is 5.60. The molecule has 12 heteroatoms. The second-order valence-corrected chi connectivity index (χ2v) is 3.79. The van der Waals surface area contributed by atoms with E-state index in [4.69, 9.17) is 0 Å². The Morgan fingerprint density at radius 1 is 0.773 bits per heavy atom. The molecule has 0 radical (unpaired) electrons. The van der Waals surface area contributed by atoms with Crippen molar-refractivity contribution in [2.45, 2.75) is 0 Å². The van der Waals surface area contributed by atoms with Crippen molar-refractivity contribution in [2.75, 3.05) is 5.32 Å². The maximum atomic E-state index is 13.0. The van der Waals surface area contributed by atoms with Gasteiger partial charge in [0, 0.05) is 6.20 Å². The summed E-state index contributed by atoms with van der Waals surface area (Å²) in [5.41, 5.74) is 0.177. The largest absolute Gasteiger partial charge is 0.357 e. The van der Waals surface area contributed by atoms with Crippen molar-refractivity contribution < 1.29 is 17.6 Å². The van der Waals surface area contributed by atoms with Gasteiger partial charge in [-0.15, -0.1) is 0 Å². The van der Waals surface area contributed by atoms with Gasteiger partial charge in [-0.2, -0.15) is 47.5 Å². The Hall–Kier alpha value is -3.18. The maximum Gasteiger partial charge on any atom is 0.315 e. The molecule has 22 heavy (non-hydrogen) atoms. The first-order chi connectivity index (χ1) is 10.5. The number of H-pyrrole nitrogens is 1. The summed E-state index contributed by atoms with van der Waals surface area (Å²) in [4.78, 5) is 21.2. The van der Waals surface area contributed by atoms with E-state index >= 15 is 0 Å². The minimum Gasteiger partial charge on any atom is -0.357 e. The summed E-state index contributed by atoms with van der Waals surface area (Å²) >= 11 is 0. The van der Waals surface area contributed by atoms with Crippen molar-refractivity contribution in [3.05, 3.63) is 36.6 Å². The number of hydrogen-bond acceptors (Lipinski definition) is 7. The van der Waals surface area contributed by atoms with Crippen molar-refractivity contribution in [1.29, 1.82) is 0 Å². The lowest BCUT2D eigenvalue weighted by atomic mass is 10.3.